The van der Waals surface area contributed by atoms with Crippen molar-refractivity contribution < 1.29 is 18.3 Å². The minimum Gasteiger partial charge on any atom is -0.383 e. The highest BCUT2D eigenvalue weighted by Crippen LogP contribution is 2.42. The Bertz CT molecular complexity index is 240. The summed E-state index contributed by atoms with van der Waals surface area (Å²) in [6.07, 6.45) is 4.23. The summed E-state index contributed by atoms with van der Waals surface area (Å²) in [7, 11) is 1.70. The van der Waals surface area contributed by atoms with Gasteiger partial charge in [-0.05, 0) is 32.2 Å². The SMILES string of the molecule is COC[C@]12CCCN1[C@@H](COC(F)F)CC2. The fraction of sp³-hybridized carbons (Fsp3) is 1.00. The molecule has 0 aromatic carbocycles. The number of hydrogen-bond donors (Lipinski definition) is 0. The van der Waals surface area contributed by atoms with E-state index in [2.05, 4.69) is 9.64 Å². The van der Waals surface area contributed by atoms with Gasteiger partial charge in [0.05, 0.1) is 13.2 Å². The molecular weight excluding hydrogens is 216 g/mol. The van der Waals surface area contributed by atoms with Gasteiger partial charge in [0, 0.05) is 18.7 Å². The second-order valence-electron chi connectivity index (χ2n) is 4.74. The van der Waals surface area contributed by atoms with E-state index >= 15 is 0 Å². The topological polar surface area (TPSA) is 21.7 Å². The smallest absolute Gasteiger partial charge is 0.345 e. The van der Waals surface area contributed by atoms with E-state index in [1.165, 1.54) is 0 Å². The van der Waals surface area contributed by atoms with E-state index in [0.29, 0.717) is 6.61 Å². The van der Waals surface area contributed by atoms with Gasteiger partial charge in [0.1, 0.15) is 0 Å². The summed E-state index contributed by atoms with van der Waals surface area (Å²) >= 11 is 0. The predicted molar refractivity (Wildman–Crippen MR) is 55.5 cm³/mol. The Morgan fingerprint density at radius 1 is 1.44 bits per heavy atom. The Hall–Kier alpha value is -0.260. The third-order valence-corrected chi connectivity index (χ3v) is 3.86. The van der Waals surface area contributed by atoms with Crippen LogP contribution in [0.1, 0.15) is 25.7 Å². The maximum Gasteiger partial charge on any atom is 0.345 e. The molecule has 0 N–H and O–H groups in total. The fourth-order valence-corrected chi connectivity index (χ4v) is 3.24. The van der Waals surface area contributed by atoms with Crippen LogP contribution in [0.2, 0.25) is 0 Å². The van der Waals surface area contributed by atoms with Gasteiger partial charge in [0.2, 0.25) is 0 Å². The average Bonchev–Trinajstić information content (AvgIpc) is 2.74. The average molecular weight is 235 g/mol. The Kier molecular flexibility index (Phi) is 3.77. The maximum absolute atomic E-state index is 12.0. The number of nitrogens with zero attached hydrogens (tertiary/aromatic N) is 1. The van der Waals surface area contributed by atoms with Gasteiger partial charge >= 0.3 is 6.61 Å². The van der Waals surface area contributed by atoms with Gasteiger partial charge < -0.3 is 9.47 Å². The highest BCUT2D eigenvalue weighted by molar-refractivity contribution is 5.04. The van der Waals surface area contributed by atoms with E-state index in [1.807, 2.05) is 0 Å². The molecule has 2 rings (SSSR count). The first kappa shape index (κ1) is 12.2. The Morgan fingerprint density at radius 3 is 2.94 bits per heavy atom. The molecule has 2 saturated heterocycles. The van der Waals surface area contributed by atoms with Crippen LogP contribution in [-0.2, 0) is 9.47 Å². The van der Waals surface area contributed by atoms with E-state index in [9.17, 15) is 8.78 Å². The number of halogens is 2. The number of alkyl halides is 2. The summed E-state index contributed by atoms with van der Waals surface area (Å²) in [6.45, 7) is -0.817. The molecule has 0 spiro atoms. The van der Waals surface area contributed by atoms with E-state index in [0.717, 1.165) is 32.2 Å². The van der Waals surface area contributed by atoms with Crippen molar-refractivity contribution >= 4 is 0 Å². The van der Waals surface area contributed by atoms with Crippen molar-refractivity contribution in [2.75, 3.05) is 26.9 Å². The van der Waals surface area contributed by atoms with E-state index in [4.69, 9.17) is 4.74 Å². The summed E-state index contributed by atoms with van der Waals surface area (Å²) in [5, 5.41) is 0. The van der Waals surface area contributed by atoms with E-state index < -0.39 is 6.61 Å². The minimum absolute atomic E-state index is 0.102. The van der Waals surface area contributed by atoms with Gasteiger partial charge in [0.25, 0.3) is 0 Å². The molecule has 2 heterocycles. The summed E-state index contributed by atoms with van der Waals surface area (Å²) in [6, 6.07) is 0.145. The first-order chi connectivity index (χ1) is 7.68. The lowest BCUT2D eigenvalue weighted by Gasteiger charge is -2.34. The molecule has 3 nitrogen and oxygen atoms in total. The molecule has 94 valence electrons. The molecule has 0 amide bonds. The van der Waals surface area contributed by atoms with Gasteiger partial charge in [-0.15, -0.1) is 0 Å². The summed E-state index contributed by atoms with van der Waals surface area (Å²) in [5.41, 5.74) is 0.102. The van der Waals surface area contributed by atoms with Crippen LogP contribution >= 0.6 is 0 Å². The van der Waals surface area contributed by atoms with Gasteiger partial charge in [-0.3, -0.25) is 4.90 Å². The van der Waals surface area contributed by atoms with E-state index in [1.54, 1.807) is 7.11 Å². The molecule has 0 bridgehead atoms. The molecule has 16 heavy (non-hydrogen) atoms. The lowest BCUT2D eigenvalue weighted by atomic mass is 9.95. The standard InChI is InChI=1S/C11H19F2NO2/c1-15-8-11-4-2-6-14(11)9(3-5-11)7-16-10(12)13/h9-10H,2-8H2,1H3/t9-,11-/m1/s1. The molecule has 0 aromatic heterocycles. The van der Waals surface area contributed by atoms with Crippen molar-refractivity contribution in [2.45, 2.75) is 43.9 Å². The molecule has 2 atom stereocenters. The van der Waals surface area contributed by atoms with Gasteiger partial charge in [0.15, 0.2) is 0 Å². The largest absolute Gasteiger partial charge is 0.383 e. The van der Waals surface area contributed by atoms with Crippen molar-refractivity contribution in [1.29, 1.82) is 0 Å². The van der Waals surface area contributed by atoms with Gasteiger partial charge in [-0.25, -0.2) is 0 Å². The third-order valence-electron chi connectivity index (χ3n) is 3.86. The third kappa shape index (κ3) is 2.21. The maximum atomic E-state index is 12.0. The number of fused-ring (bicyclic) bond motifs is 1. The zero-order valence-corrected chi connectivity index (χ0v) is 9.62. The number of rotatable bonds is 5. The van der Waals surface area contributed by atoms with Crippen molar-refractivity contribution in [3.05, 3.63) is 0 Å². The van der Waals surface area contributed by atoms with Gasteiger partial charge in [-0.2, -0.15) is 8.78 Å². The van der Waals surface area contributed by atoms with Gasteiger partial charge in [-0.1, -0.05) is 0 Å². The molecule has 0 radical (unpaired) electrons. The molecular formula is C11H19F2NO2. The molecule has 0 saturated carbocycles. The molecule has 5 heteroatoms. The lowest BCUT2D eigenvalue weighted by molar-refractivity contribution is -0.141. The zero-order valence-electron chi connectivity index (χ0n) is 9.62. The minimum atomic E-state index is -2.65. The zero-order chi connectivity index (χ0) is 11.6. The van der Waals surface area contributed by atoms with Crippen LogP contribution in [0.3, 0.4) is 0 Å². The molecule has 2 aliphatic heterocycles. The Labute approximate surface area is 94.7 Å². The van der Waals surface area contributed by atoms with E-state index in [-0.39, 0.29) is 18.2 Å². The number of hydrogen-bond acceptors (Lipinski definition) is 3. The predicted octanol–water partition coefficient (Wildman–Crippen LogP) is 1.87. The Balaban J connectivity index is 1.93. The molecule has 0 unspecified atom stereocenters. The second kappa shape index (κ2) is 4.94. The van der Waals surface area contributed by atoms with Crippen molar-refractivity contribution in [3.63, 3.8) is 0 Å². The fourth-order valence-electron chi connectivity index (χ4n) is 3.24. The van der Waals surface area contributed by atoms with Crippen LogP contribution in [0, 0.1) is 0 Å². The van der Waals surface area contributed by atoms with Crippen molar-refractivity contribution in [2.24, 2.45) is 0 Å². The first-order valence-electron chi connectivity index (χ1n) is 5.83. The molecule has 2 fully saturated rings. The number of ether oxygens (including phenoxy) is 2. The van der Waals surface area contributed by atoms with Crippen LogP contribution in [0.4, 0.5) is 8.78 Å². The van der Waals surface area contributed by atoms with Crippen molar-refractivity contribution in [1.82, 2.24) is 4.90 Å². The van der Waals surface area contributed by atoms with Crippen molar-refractivity contribution in [3.8, 4) is 0 Å². The number of methoxy groups -OCH3 is 1. The molecule has 0 aliphatic carbocycles. The van der Waals surface area contributed by atoms with Crippen LogP contribution in [0.5, 0.6) is 0 Å². The monoisotopic (exact) mass is 235 g/mol. The van der Waals surface area contributed by atoms with Crippen LogP contribution in [0.15, 0.2) is 0 Å². The molecule has 0 aromatic rings. The normalized spacial score (nSPS) is 34.9. The first-order valence-corrected chi connectivity index (χ1v) is 5.83. The summed E-state index contributed by atoms with van der Waals surface area (Å²) < 4.78 is 33.7. The van der Waals surface area contributed by atoms with Crippen LogP contribution in [-0.4, -0.2) is 50.0 Å². The highest BCUT2D eigenvalue weighted by Gasteiger charge is 2.49. The summed E-state index contributed by atoms with van der Waals surface area (Å²) in [5.74, 6) is 0. The van der Waals surface area contributed by atoms with Crippen LogP contribution < -0.4 is 0 Å². The lowest BCUT2D eigenvalue weighted by Crippen LogP contribution is -2.46. The van der Waals surface area contributed by atoms with Crippen LogP contribution in [0.25, 0.3) is 0 Å². The molecule has 2 aliphatic rings. The highest BCUT2D eigenvalue weighted by atomic mass is 19.3. The second-order valence-corrected chi connectivity index (χ2v) is 4.74. The summed E-state index contributed by atoms with van der Waals surface area (Å²) in [4.78, 5) is 2.32. The quantitative estimate of drug-likeness (QED) is 0.726. The Morgan fingerprint density at radius 2 is 2.25 bits per heavy atom.